The molecule has 0 bridgehead atoms. The number of carbonyl (C=O) groups excluding carboxylic acids is 1. The number of nitrogens with one attached hydrogen (secondary N) is 2. The number of methoxy groups -OCH3 is 1. The van der Waals surface area contributed by atoms with E-state index in [0.29, 0.717) is 23.3 Å². The van der Waals surface area contributed by atoms with E-state index in [2.05, 4.69) is 25.2 Å². The molecule has 1 amide bonds. The summed E-state index contributed by atoms with van der Waals surface area (Å²) in [6.07, 6.45) is 6.91. The fourth-order valence-electron chi connectivity index (χ4n) is 4.03. The zero-order valence-electron chi connectivity index (χ0n) is 18.0. The third-order valence-corrected chi connectivity index (χ3v) is 5.81. The fraction of sp³-hybridized carbons (Fsp3) is 0.435. The SMILES string of the molecule is COc1nccc(OC2CC2)c1-c1c[nH]c2nc(NC(=O)C3CC3CN(C)C)ccc12.[HH].[HH]. The van der Waals surface area contributed by atoms with Crippen LogP contribution in [0.25, 0.3) is 22.2 Å². The van der Waals surface area contributed by atoms with Crippen molar-refractivity contribution >= 4 is 22.8 Å². The topological polar surface area (TPSA) is 92.4 Å². The lowest BCUT2D eigenvalue weighted by molar-refractivity contribution is -0.117. The fourth-order valence-corrected chi connectivity index (χ4v) is 4.03. The van der Waals surface area contributed by atoms with Gasteiger partial charge in [-0.25, -0.2) is 9.97 Å². The van der Waals surface area contributed by atoms with Crippen LogP contribution in [-0.2, 0) is 4.79 Å². The quantitative estimate of drug-likeness (QED) is 0.570. The molecule has 3 aromatic heterocycles. The van der Waals surface area contributed by atoms with Gasteiger partial charge in [0.25, 0.3) is 0 Å². The molecule has 3 aromatic rings. The number of hydrogen-bond donors (Lipinski definition) is 2. The van der Waals surface area contributed by atoms with Crippen molar-refractivity contribution in [1.29, 1.82) is 0 Å². The number of nitrogens with zero attached hydrogens (tertiary/aromatic N) is 3. The highest BCUT2D eigenvalue weighted by Crippen LogP contribution is 2.43. The zero-order chi connectivity index (χ0) is 21.5. The molecule has 0 aliphatic heterocycles. The average Bonchev–Trinajstić information content (AvgIpc) is 3.66. The first-order chi connectivity index (χ1) is 15.0. The van der Waals surface area contributed by atoms with Crippen molar-refractivity contribution in [2.45, 2.75) is 25.4 Å². The third-order valence-electron chi connectivity index (χ3n) is 5.81. The molecule has 2 aliphatic carbocycles. The molecule has 8 nitrogen and oxygen atoms in total. The van der Waals surface area contributed by atoms with Gasteiger partial charge >= 0.3 is 0 Å². The van der Waals surface area contributed by atoms with Crippen LogP contribution >= 0.6 is 0 Å². The monoisotopic (exact) mass is 425 g/mol. The maximum atomic E-state index is 12.5. The maximum absolute atomic E-state index is 12.5. The molecule has 8 heteroatoms. The van der Waals surface area contributed by atoms with E-state index in [9.17, 15) is 4.79 Å². The lowest BCUT2D eigenvalue weighted by atomic mass is 10.1. The minimum absolute atomic E-state index is 0. The minimum Gasteiger partial charge on any atom is -0.490 e. The van der Waals surface area contributed by atoms with E-state index in [4.69, 9.17) is 9.47 Å². The summed E-state index contributed by atoms with van der Waals surface area (Å²) in [6, 6.07) is 5.67. The van der Waals surface area contributed by atoms with Crippen molar-refractivity contribution in [3.63, 3.8) is 0 Å². The molecular formula is C23H31N5O3. The predicted octanol–water partition coefficient (Wildman–Crippen LogP) is 3.80. The number of aromatic amines is 1. The Morgan fingerprint density at radius 2 is 2.16 bits per heavy atom. The Hall–Kier alpha value is -3.13. The first-order valence-corrected chi connectivity index (χ1v) is 10.7. The number of fused-ring (bicyclic) bond motifs is 1. The number of ether oxygens (including phenoxy) is 2. The van der Waals surface area contributed by atoms with Crippen molar-refractivity contribution in [3.8, 4) is 22.8 Å². The van der Waals surface area contributed by atoms with E-state index < -0.39 is 0 Å². The molecule has 3 heterocycles. The van der Waals surface area contributed by atoms with Gasteiger partial charge in [-0.2, -0.15) is 0 Å². The van der Waals surface area contributed by atoms with E-state index in [1.54, 1.807) is 13.3 Å². The van der Waals surface area contributed by atoms with Gasteiger partial charge in [0.05, 0.1) is 18.8 Å². The van der Waals surface area contributed by atoms with Crippen molar-refractivity contribution in [2.24, 2.45) is 11.8 Å². The highest BCUT2D eigenvalue weighted by atomic mass is 16.5. The number of carbonyl (C=O) groups is 1. The van der Waals surface area contributed by atoms with Crippen LogP contribution in [0.15, 0.2) is 30.6 Å². The van der Waals surface area contributed by atoms with E-state index in [-0.39, 0.29) is 20.8 Å². The van der Waals surface area contributed by atoms with E-state index in [1.807, 2.05) is 38.5 Å². The summed E-state index contributed by atoms with van der Waals surface area (Å²) >= 11 is 0. The summed E-state index contributed by atoms with van der Waals surface area (Å²) in [5.41, 5.74) is 2.41. The Labute approximate surface area is 183 Å². The zero-order valence-corrected chi connectivity index (χ0v) is 18.0. The molecular weight excluding hydrogens is 394 g/mol. The van der Waals surface area contributed by atoms with Gasteiger partial charge in [0.2, 0.25) is 11.8 Å². The van der Waals surface area contributed by atoms with Gasteiger partial charge in [0.15, 0.2) is 0 Å². The first-order valence-electron chi connectivity index (χ1n) is 10.7. The van der Waals surface area contributed by atoms with Crippen LogP contribution in [-0.4, -0.2) is 59.6 Å². The number of anilines is 1. The summed E-state index contributed by atoms with van der Waals surface area (Å²) in [5, 5.41) is 3.88. The molecule has 2 saturated carbocycles. The van der Waals surface area contributed by atoms with Crippen LogP contribution in [0.4, 0.5) is 5.82 Å². The number of amides is 1. The van der Waals surface area contributed by atoms with E-state index in [0.717, 1.165) is 48.1 Å². The lowest BCUT2D eigenvalue weighted by Gasteiger charge is -2.13. The molecule has 0 saturated heterocycles. The van der Waals surface area contributed by atoms with Gasteiger partial charge < -0.3 is 24.7 Å². The Morgan fingerprint density at radius 1 is 1.32 bits per heavy atom. The largest absolute Gasteiger partial charge is 0.490 e. The van der Waals surface area contributed by atoms with Gasteiger partial charge in [0.1, 0.15) is 17.2 Å². The van der Waals surface area contributed by atoms with E-state index >= 15 is 0 Å². The second-order valence-electron chi connectivity index (χ2n) is 8.66. The standard InChI is InChI=1S/C23H27N5O3.2H2/c1-28(2)12-13-10-16(13)22(29)27-19-7-6-15-17(11-25-21(15)26-19)20-18(31-14-4-5-14)8-9-24-23(20)30-3;;/h6-9,11,13-14,16H,4-5,10,12H2,1-3H3,(H2,25,26,27,29);2*1H. The van der Waals surface area contributed by atoms with Crippen LogP contribution in [0, 0.1) is 11.8 Å². The number of rotatable bonds is 8. The predicted molar refractivity (Wildman–Crippen MR) is 123 cm³/mol. The summed E-state index contributed by atoms with van der Waals surface area (Å²) in [6.45, 7) is 0.933. The lowest BCUT2D eigenvalue weighted by Crippen LogP contribution is -2.20. The average molecular weight is 426 g/mol. The van der Waals surface area contributed by atoms with Gasteiger partial charge in [-0.15, -0.1) is 0 Å². The number of hydrogen-bond acceptors (Lipinski definition) is 6. The van der Waals surface area contributed by atoms with Gasteiger partial charge in [0, 0.05) is 38.7 Å². The summed E-state index contributed by atoms with van der Waals surface area (Å²) in [7, 11) is 5.67. The summed E-state index contributed by atoms with van der Waals surface area (Å²) in [5.74, 6) is 2.36. The normalized spacial score (nSPS) is 20.1. The highest BCUT2D eigenvalue weighted by Gasteiger charge is 2.43. The molecule has 5 rings (SSSR count). The summed E-state index contributed by atoms with van der Waals surface area (Å²) in [4.78, 5) is 26.9. The Morgan fingerprint density at radius 3 is 2.90 bits per heavy atom. The third kappa shape index (κ3) is 4.07. The maximum Gasteiger partial charge on any atom is 0.228 e. The minimum atomic E-state index is 0. The van der Waals surface area contributed by atoms with Crippen molar-refractivity contribution < 1.29 is 17.1 Å². The number of pyridine rings is 2. The Kier molecular flexibility index (Phi) is 5.02. The molecule has 2 atom stereocenters. The molecule has 2 fully saturated rings. The molecule has 0 spiro atoms. The smallest absolute Gasteiger partial charge is 0.228 e. The molecule has 0 aromatic carbocycles. The summed E-state index contributed by atoms with van der Waals surface area (Å²) < 4.78 is 11.6. The first kappa shape index (κ1) is 19.8. The van der Waals surface area contributed by atoms with Crippen molar-refractivity contribution in [1.82, 2.24) is 19.9 Å². The van der Waals surface area contributed by atoms with Crippen LogP contribution in [0.3, 0.4) is 0 Å². The molecule has 0 radical (unpaired) electrons. The Balaban J connectivity index is 0.00000153. The van der Waals surface area contributed by atoms with Crippen LogP contribution < -0.4 is 14.8 Å². The second-order valence-corrected chi connectivity index (χ2v) is 8.66. The molecule has 31 heavy (non-hydrogen) atoms. The molecule has 2 unspecified atom stereocenters. The van der Waals surface area contributed by atoms with Gasteiger partial charge in [-0.1, -0.05) is 0 Å². The Bertz CT molecular complexity index is 1130. The molecule has 2 aliphatic rings. The second kappa shape index (κ2) is 7.85. The van der Waals surface area contributed by atoms with Crippen molar-refractivity contribution in [2.75, 3.05) is 33.1 Å². The highest BCUT2D eigenvalue weighted by molar-refractivity contribution is 5.99. The van der Waals surface area contributed by atoms with Crippen LogP contribution in [0.1, 0.15) is 22.1 Å². The van der Waals surface area contributed by atoms with Gasteiger partial charge in [-0.05, 0) is 57.5 Å². The van der Waals surface area contributed by atoms with Crippen LogP contribution in [0.2, 0.25) is 0 Å². The van der Waals surface area contributed by atoms with Crippen molar-refractivity contribution in [3.05, 3.63) is 30.6 Å². The number of aromatic nitrogens is 3. The number of H-pyrrole nitrogens is 1. The molecule has 2 N–H and O–H groups in total. The van der Waals surface area contributed by atoms with Crippen LogP contribution in [0.5, 0.6) is 11.6 Å². The molecule has 166 valence electrons. The van der Waals surface area contributed by atoms with Gasteiger partial charge in [-0.3, -0.25) is 4.79 Å². The van der Waals surface area contributed by atoms with E-state index in [1.165, 1.54) is 0 Å².